The monoisotopic (exact) mass is 501 g/mol. The molecule has 3 fully saturated rings. The van der Waals surface area contributed by atoms with Gasteiger partial charge in [0, 0.05) is 17.3 Å². The van der Waals surface area contributed by atoms with E-state index in [1.165, 1.54) is 0 Å². The molecule has 8 heteroatoms. The molecule has 35 heavy (non-hydrogen) atoms. The zero-order chi connectivity index (χ0) is 25.4. The third-order valence-electron chi connectivity index (χ3n) is 8.24. The number of nitrogens with zero attached hydrogens (tertiary/aromatic N) is 1. The van der Waals surface area contributed by atoms with Gasteiger partial charge in [0.2, 0.25) is 17.7 Å². The Balaban J connectivity index is 1.66. The van der Waals surface area contributed by atoms with Crippen LogP contribution in [-0.2, 0) is 20.9 Å². The normalized spacial score (nSPS) is 32.9. The second kappa shape index (κ2) is 10.1. The summed E-state index contributed by atoms with van der Waals surface area (Å²) in [7, 11) is 0. The first kappa shape index (κ1) is 26.0. The van der Waals surface area contributed by atoms with Crippen molar-refractivity contribution in [2.45, 2.75) is 94.0 Å². The van der Waals surface area contributed by atoms with Gasteiger partial charge in [0.25, 0.3) is 0 Å². The number of hydrogen-bond acceptors (Lipinski definition) is 5. The lowest BCUT2D eigenvalue weighted by Crippen LogP contribution is -2.57. The molecule has 1 aromatic rings. The van der Waals surface area contributed by atoms with Gasteiger partial charge in [-0.2, -0.15) is 0 Å². The molecule has 3 amide bonds. The van der Waals surface area contributed by atoms with Gasteiger partial charge in [-0.1, -0.05) is 50.6 Å². The molecule has 7 nitrogen and oxygen atoms in total. The van der Waals surface area contributed by atoms with E-state index in [2.05, 4.69) is 24.5 Å². The molecule has 3 aliphatic rings. The van der Waals surface area contributed by atoms with Crippen molar-refractivity contribution in [3.63, 3.8) is 0 Å². The van der Waals surface area contributed by atoms with Gasteiger partial charge in [0.1, 0.15) is 6.04 Å². The van der Waals surface area contributed by atoms with Gasteiger partial charge < -0.3 is 20.6 Å². The second-order valence-corrected chi connectivity index (χ2v) is 12.5. The molecule has 3 aliphatic heterocycles. The molecule has 3 heterocycles. The molecule has 0 aliphatic carbocycles. The van der Waals surface area contributed by atoms with Gasteiger partial charge in [0.15, 0.2) is 0 Å². The number of thioether (sulfide) groups is 1. The van der Waals surface area contributed by atoms with Crippen molar-refractivity contribution in [3.05, 3.63) is 35.9 Å². The minimum absolute atomic E-state index is 0.00161. The number of carbonyl (C=O) groups excluding carboxylic acids is 3. The number of rotatable bonds is 10. The SMILES string of the molecule is CCCC(C)NC(=O)C1N([C@@H](CC)CO)C(=O)[C@@H]2[C@H](C(=O)NCc3ccccc3)[C@]3(C)CCC12S3. The van der Waals surface area contributed by atoms with E-state index in [1.54, 1.807) is 16.7 Å². The van der Waals surface area contributed by atoms with Crippen molar-refractivity contribution in [2.24, 2.45) is 11.8 Å². The fourth-order valence-corrected chi connectivity index (χ4v) is 8.94. The fraction of sp³-hybridized carbons (Fsp3) is 0.667. The van der Waals surface area contributed by atoms with Crippen LogP contribution in [-0.4, -0.2) is 62.0 Å². The maximum atomic E-state index is 14.0. The van der Waals surface area contributed by atoms with Crippen molar-refractivity contribution >= 4 is 29.5 Å². The Morgan fingerprint density at radius 2 is 1.91 bits per heavy atom. The summed E-state index contributed by atoms with van der Waals surface area (Å²) in [5.74, 6) is -1.52. The number of fused-ring (bicyclic) bond motifs is 1. The van der Waals surface area contributed by atoms with Crippen LogP contribution >= 0.6 is 11.8 Å². The molecule has 3 saturated heterocycles. The van der Waals surface area contributed by atoms with Gasteiger partial charge >= 0.3 is 0 Å². The summed E-state index contributed by atoms with van der Waals surface area (Å²) in [6, 6.07) is 8.61. The number of amides is 3. The van der Waals surface area contributed by atoms with Crippen molar-refractivity contribution in [1.29, 1.82) is 0 Å². The quantitative estimate of drug-likeness (QED) is 0.458. The number of benzene rings is 1. The first-order valence-corrected chi connectivity index (χ1v) is 13.8. The summed E-state index contributed by atoms with van der Waals surface area (Å²) < 4.78 is -1.05. The summed E-state index contributed by atoms with van der Waals surface area (Å²) in [5, 5.41) is 16.3. The average molecular weight is 502 g/mol. The standard InChI is InChI=1S/C27H39N3O4S/c1-5-10-17(3)29-24(33)22-27-14-13-26(4,35-27)20(21(27)25(34)30(22)19(6-2)16-31)23(32)28-15-18-11-8-7-9-12-18/h7-9,11-12,17,19-22,31H,5-6,10,13-16H2,1-4H3,(H,28,32)(H,29,33)/t17?,19-,20+,21-,22?,26-,27?/m0/s1. The summed E-state index contributed by atoms with van der Waals surface area (Å²) in [6.45, 7) is 8.27. The lowest BCUT2D eigenvalue weighted by molar-refractivity contribution is -0.143. The molecule has 1 aromatic carbocycles. The fourth-order valence-electron chi connectivity index (χ4n) is 6.59. The molecular weight excluding hydrogens is 462 g/mol. The van der Waals surface area contributed by atoms with Crippen LogP contribution in [0.25, 0.3) is 0 Å². The minimum Gasteiger partial charge on any atom is -0.394 e. The zero-order valence-electron chi connectivity index (χ0n) is 21.3. The van der Waals surface area contributed by atoms with E-state index >= 15 is 0 Å². The van der Waals surface area contributed by atoms with Gasteiger partial charge in [-0.25, -0.2) is 0 Å². The first-order valence-electron chi connectivity index (χ1n) is 13.0. The predicted molar refractivity (Wildman–Crippen MR) is 138 cm³/mol. The second-order valence-electron chi connectivity index (χ2n) is 10.6. The Bertz CT molecular complexity index is 955. The number of likely N-dealkylation sites (tertiary alicyclic amines) is 1. The van der Waals surface area contributed by atoms with Crippen LogP contribution in [0.3, 0.4) is 0 Å². The number of aliphatic hydroxyl groups is 1. The summed E-state index contributed by atoms with van der Waals surface area (Å²) in [4.78, 5) is 43.0. The van der Waals surface area contributed by atoms with Crippen LogP contribution < -0.4 is 10.6 Å². The maximum Gasteiger partial charge on any atom is 0.244 e. The van der Waals surface area contributed by atoms with Crippen molar-refractivity contribution < 1.29 is 19.5 Å². The molecule has 0 aromatic heterocycles. The summed E-state index contributed by atoms with van der Waals surface area (Å²) in [5.41, 5.74) is 1.00. The van der Waals surface area contributed by atoms with Crippen LogP contribution in [0, 0.1) is 11.8 Å². The molecule has 0 radical (unpaired) electrons. The van der Waals surface area contributed by atoms with Gasteiger partial charge in [-0.15, -0.1) is 11.8 Å². The van der Waals surface area contributed by atoms with Gasteiger partial charge in [-0.05, 0) is 45.1 Å². The number of nitrogens with one attached hydrogen (secondary N) is 2. The van der Waals surface area contributed by atoms with E-state index in [-0.39, 0.29) is 30.4 Å². The molecule has 2 bridgehead atoms. The highest BCUT2D eigenvalue weighted by molar-refractivity contribution is 8.02. The zero-order valence-corrected chi connectivity index (χ0v) is 22.1. The third-order valence-corrected chi connectivity index (χ3v) is 10.2. The predicted octanol–water partition coefficient (Wildman–Crippen LogP) is 2.86. The van der Waals surface area contributed by atoms with Crippen molar-refractivity contribution in [1.82, 2.24) is 15.5 Å². The summed E-state index contributed by atoms with van der Waals surface area (Å²) >= 11 is 1.67. The first-order chi connectivity index (χ1) is 16.7. The van der Waals surface area contributed by atoms with Gasteiger partial charge in [-0.3, -0.25) is 14.4 Å². The lowest BCUT2D eigenvalue weighted by atomic mass is 9.66. The third kappa shape index (κ3) is 4.37. The average Bonchev–Trinajstić information content (AvgIpc) is 3.40. The van der Waals surface area contributed by atoms with E-state index in [1.807, 2.05) is 44.2 Å². The molecule has 3 N–H and O–H groups in total. The topological polar surface area (TPSA) is 98.7 Å². The number of aliphatic hydroxyl groups excluding tert-OH is 1. The van der Waals surface area contributed by atoms with Crippen LogP contribution in [0.1, 0.15) is 65.4 Å². The van der Waals surface area contributed by atoms with Crippen molar-refractivity contribution in [3.8, 4) is 0 Å². The molecule has 3 unspecified atom stereocenters. The highest BCUT2D eigenvalue weighted by atomic mass is 32.2. The number of carbonyl (C=O) groups is 3. The molecular formula is C27H39N3O4S. The Morgan fingerprint density at radius 3 is 2.54 bits per heavy atom. The van der Waals surface area contributed by atoms with E-state index < -0.39 is 33.4 Å². The molecule has 192 valence electrons. The number of hydrogen-bond donors (Lipinski definition) is 3. The van der Waals surface area contributed by atoms with E-state index in [0.717, 1.165) is 24.8 Å². The van der Waals surface area contributed by atoms with Crippen LogP contribution in [0.4, 0.5) is 0 Å². The molecule has 7 atom stereocenters. The van der Waals surface area contributed by atoms with Crippen LogP contribution in [0.2, 0.25) is 0 Å². The van der Waals surface area contributed by atoms with E-state index in [4.69, 9.17) is 0 Å². The lowest BCUT2D eigenvalue weighted by Gasteiger charge is -2.37. The summed E-state index contributed by atoms with van der Waals surface area (Å²) in [6.07, 6.45) is 3.85. The van der Waals surface area contributed by atoms with E-state index in [0.29, 0.717) is 19.4 Å². The Kier molecular flexibility index (Phi) is 7.53. The highest BCUT2D eigenvalue weighted by Gasteiger charge is 2.77. The highest BCUT2D eigenvalue weighted by Crippen LogP contribution is 2.71. The molecule has 4 rings (SSSR count). The maximum absolute atomic E-state index is 14.0. The smallest absolute Gasteiger partial charge is 0.244 e. The minimum atomic E-state index is -0.685. The Labute approximate surface area is 212 Å². The molecule has 1 spiro atoms. The van der Waals surface area contributed by atoms with Crippen LogP contribution in [0.5, 0.6) is 0 Å². The molecule has 0 saturated carbocycles. The van der Waals surface area contributed by atoms with Gasteiger partial charge in [0.05, 0.1) is 29.2 Å². The van der Waals surface area contributed by atoms with Crippen molar-refractivity contribution in [2.75, 3.05) is 6.61 Å². The largest absolute Gasteiger partial charge is 0.394 e. The Hall–Kier alpha value is -2.06. The van der Waals surface area contributed by atoms with E-state index in [9.17, 15) is 19.5 Å². The Morgan fingerprint density at radius 1 is 1.20 bits per heavy atom. The van der Waals surface area contributed by atoms with Crippen LogP contribution in [0.15, 0.2) is 30.3 Å².